The molecule has 0 radical (unpaired) electrons. The smallest absolute Gasteiger partial charge is 0.310 e. The molecule has 2 rings (SSSR count). The molecule has 23 heavy (non-hydrogen) atoms. The molecule has 0 unspecified atom stereocenters. The van der Waals surface area contributed by atoms with E-state index in [1.807, 2.05) is 19.1 Å². The highest BCUT2D eigenvalue weighted by molar-refractivity contribution is 9.10. The summed E-state index contributed by atoms with van der Waals surface area (Å²) in [4.78, 5) is 11.6. The van der Waals surface area contributed by atoms with Crippen molar-refractivity contribution in [1.82, 2.24) is 0 Å². The quantitative estimate of drug-likeness (QED) is 0.676. The summed E-state index contributed by atoms with van der Waals surface area (Å²) in [6.07, 6.45) is -0.117. The van der Waals surface area contributed by atoms with Crippen molar-refractivity contribution in [2.24, 2.45) is 0 Å². The molecule has 0 aromatic heterocycles. The standard InChI is InChI=1S/C18H18BrFO3/c1-4-22-16(21)9-13-6-5-12(3)18(17(13)20)23-15-8-11(2)7-14(19)10-15/h5-8,10H,4,9H2,1-3H3. The molecular weight excluding hydrogens is 363 g/mol. The Morgan fingerprint density at radius 2 is 1.96 bits per heavy atom. The maximum Gasteiger partial charge on any atom is 0.310 e. The van der Waals surface area contributed by atoms with Crippen LogP contribution in [0.3, 0.4) is 0 Å². The second-order valence-electron chi connectivity index (χ2n) is 5.23. The minimum absolute atomic E-state index is 0.117. The molecule has 0 amide bonds. The van der Waals surface area contributed by atoms with E-state index in [4.69, 9.17) is 9.47 Å². The Hall–Kier alpha value is -1.88. The summed E-state index contributed by atoms with van der Waals surface area (Å²) >= 11 is 3.39. The Bertz CT molecular complexity index is 708. The first-order valence-corrected chi connectivity index (χ1v) is 8.08. The van der Waals surface area contributed by atoms with Crippen LogP contribution in [0.4, 0.5) is 4.39 Å². The van der Waals surface area contributed by atoms with Crippen LogP contribution in [0.1, 0.15) is 23.6 Å². The van der Waals surface area contributed by atoms with Gasteiger partial charge in [-0.3, -0.25) is 4.79 Å². The van der Waals surface area contributed by atoms with Gasteiger partial charge in [-0.25, -0.2) is 4.39 Å². The van der Waals surface area contributed by atoms with Gasteiger partial charge in [0.25, 0.3) is 0 Å². The van der Waals surface area contributed by atoms with Gasteiger partial charge in [0.2, 0.25) is 0 Å². The molecule has 0 bridgehead atoms. The molecule has 0 aliphatic carbocycles. The summed E-state index contributed by atoms with van der Waals surface area (Å²) in [5.41, 5.74) is 1.92. The average Bonchev–Trinajstić information content (AvgIpc) is 2.46. The Balaban J connectivity index is 2.32. The molecule has 0 fully saturated rings. The fourth-order valence-corrected chi connectivity index (χ4v) is 2.79. The van der Waals surface area contributed by atoms with Gasteiger partial charge in [-0.2, -0.15) is 0 Å². The molecular formula is C18H18BrFO3. The van der Waals surface area contributed by atoms with Gasteiger partial charge in [-0.05, 0) is 50.1 Å². The third kappa shape index (κ3) is 4.55. The summed E-state index contributed by atoms with van der Waals surface area (Å²) in [7, 11) is 0. The van der Waals surface area contributed by atoms with Crippen LogP contribution in [-0.4, -0.2) is 12.6 Å². The van der Waals surface area contributed by atoms with E-state index >= 15 is 0 Å². The number of hydrogen-bond acceptors (Lipinski definition) is 3. The molecule has 0 saturated heterocycles. The molecule has 0 saturated carbocycles. The Morgan fingerprint density at radius 1 is 1.22 bits per heavy atom. The summed E-state index contributed by atoms with van der Waals surface area (Å²) in [5.74, 6) is -0.327. The zero-order chi connectivity index (χ0) is 17.0. The van der Waals surface area contributed by atoms with Gasteiger partial charge in [0, 0.05) is 10.0 Å². The topological polar surface area (TPSA) is 35.5 Å². The van der Waals surface area contributed by atoms with Gasteiger partial charge in [-0.15, -0.1) is 0 Å². The van der Waals surface area contributed by atoms with E-state index in [1.165, 1.54) is 0 Å². The van der Waals surface area contributed by atoms with Crippen molar-refractivity contribution in [3.8, 4) is 11.5 Å². The van der Waals surface area contributed by atoms with Gasteiger partial charge in [0.15, 0.2) is 11.6 Å². The normalized spacial score (nSPS) is 10.5. The molecule has 5 heteroatoms. The molecule has 0 heterocycles. The van der Waals surface area contributed by atoms with Crippen LogP contribution in [0.2, 0.25) is 0 Å². The molecule has 2 aromatic rings. The first-order valence-electron chi connectivity index (χ1n) is 7.29. The number of hydrogen-bond donors (Lipinski definition) is 0. The van der Waals surface area contributed by atoms with Crippen LogP contribution < -0.4 is 4.74 Å². The minimum atomic E-state index is -0.532. The van der Waals surface area contributed by atoms with Gasteiger partial charge in [0.05, 0.1) is 13.0 Å². The number of carbonyl (C=O) groups excluding carboxylic acids is 1. The van der Waals surface area contributed by atoms with E-state index in [2.05, 4.69) is 15.9 Å². The zero-order valence-corrected chi connectivity index (χ0v) is 14.9. The van der Waals surface area contributed by atoms with Crippen LogP contribution >= 0.6 is 15.9 Å². The fraction of sp³-hybridized carbons (Fsp3) is 0.278. The Morgan fingerprint density at radius 3 is 2.61 bits per heavy atom. The summed E-state index contributed by atoms with van der Waals surface area (Å²) < 4.78 is 26.1. The molecule has 3 nitrogen and oxygen atoms in total. The van der Waals surface area contributed by atoms with Crippen molar-refractivity contribution in [2.75, 3.05) is 6.61 Å². The average molecular weight is 381 g/mol. The van der Waals surface area contributed by atoms with E-state index in [1.54, 1.807) is 32.0 Å². The van der Waals surface area contributed by atoms with Crippen LogP contribution in [0, 0.1) is 19.7 Å². The fourth-order valence-electron chi connectivity index (χ4n) is 2.20. The summed E-state index contributed by atoms with van der Waals surface area (Å²) in [6, 6.07) is 8.84. The monoisotopic (exact) mass is 380 g/mol. The van der Waals surface area contributed by atoms with Gasteiger partial charge >= 0.3 is 5.97 Å². The number of benzene rings is 2. The SMILES string of the molecule is CCOC(=O)Cc1ccc(C)c(Oc2cc(C)cc(Br)c2)c1F. The van der Waals surface area contributed by atoms with Gasteiger partial charge in [-0.1, -0.05) is 28.1 Å². The summed E-state index contributed by atoms with van der Waals surface area (Å²) in [5, 5.41) is 0. The molecule has 0 aliphatic heterocycles. The van der Waals surface area contributed by atoms with Crippen LogP contribution in [0.25, 0.3) is 0 Å². The number of aryl methyl sites for hydroxylation is 2. The van der Waals surface area contributed by atoms with E-state index in [-0.39, 0.29) is 24.3 Å². The van der Waals surface area contributed by atoms with E-state index in [0.29, 0.717) is 11.3 Å². The van der Waals surface area contributed by atoms with E-state index in [0.717, 1.165) is 10.0 Å². The predicted octanol–water partition coefficient (Wildman–Crippen LogP) is 5.10. The number of ether oxygens (including phenoxy) is 2. The molecule has 0 atom stereocenters. The maximum absolute atomic E-state index is 14.7. The highest BCUT2D eigenvalue weighted by atomic mass is 79.9. The van der Waals surface area contributed by atoms with Crippen LogP contribution in [0.15, 0.2) is 34.8 Å². The molecule has 122 valence electrons. The number of esters is 1. The minimum Gasteiger partial charge on any atom is -0.466 e. The lowest BCUT2D eigenvalue weighted by molar-refractivity contribution is -0.142. The van der Waals surface area contributed by atoms with Crippen molar-refractivity contribution >= 4 is 21.9 Å². The van der Waals surface area contributed by atoms with Crippen molar-refractivity contribution < 1.29 is 18.7 Å². The maximum atomic E-state index is 14.7. The van der Waals surface area contributed by atoms with Crippen molar-refractivity contribution in [3.63, 3.8) is 0 Å². The predicted molar refractivity (Wildman–Crippen MR) is 90.4 cm³/mol. The highest BCUT2D eigenvalue weighted by Crippen LogP contribution is 2.32. The lowest BCUT2D eigenvalue weighted by atomic mass is 10.1. The first-order chi connectivity index (χ1) is 10.9. The van der Waals surface area contributed by atoms with Crippen LogP contribution in [0.5, 0.6) is 11.5 Å². The number of halogens is 2. The molecule has 2 aromatic carbocycles. The number of rotatable bonds is 5. The third-order valence-corrected chi connectivity index (χ3v) is 3.71. The third-order valence-electron chi connectivity index (χ3n) is 3.25. The largest absolute Gasteiger partial charge is 0.466 e. The highest BCUT2D eigenvalue weighted by Gasteiger charge is 2.16. The van der Waals surface area contributed by atoms with E-state index in [9.17, 15) is 9.18 Å². The van der Waals surface area contributed by atoms with Crippen molar-refractivity contribution in [1.29, 1.82) is 0 Å². The van der Waals surface area contributed by atoms with Crippen molar-refractivity contribution in [3.05, 3.63) is 57.3 Å². The number of carbonyl (C=O) groups is 1. The summed E-state index contributed by atoms with van der Waals surface area (Å²) in [6.45, 7) is 5.68. The molecule has 0 N–H and O–H groups in total. The molecule has 0 spiro atoms. The second-order valence-corrected chi connectivity index (χ2v) is 6.15. The lowest BCUT2D eigenvalue weighted by Gasteiger charge is -2.13. The Kier molecular flexibility index (Phi) is 5.77. The first kappa shape index (κ1) is 17.5. The Labute approximate surface area is 143 Å². The van der Waals surface area contributed by atoms with Crippen molar-refractivity contribution in [2.45, 2.75) is 27.2 Å². The van der Waals surface area contributed by atoms with Gasteiger partial charge < -0.3 is 9.47 Å². The van der Waals surface area contributed by atoms with Crippen LogP contribution in [-0.2, 0) is 16.0 Å². The molecule has 0 aliphatic rings. The van der Waals surface area contributed by atoms with Gasteiger partial charge in [0.1, 0.15) is 5.75 Å². The second kappa shape index (κ2) is 7.59. The van der Waals surface area contributed by atoms with E-state index < -0.39 is 11.8 Å². The lowest BCUT2D eigenvalue weighted by Crippen LogP contribution is -2.09. The zero-order valence-electron chi connectivity index (χ0n) is 13.3.